The Balaban J connectivity index is 1.63. The van der Waals surface area contributed by atoms with Gasteiger partial charge in [-0.2, -0.15) is 0 Å². The van der Waals surface area contributed by atoms with Crippen LogP contribution in [-0.2, 0) is 0 Å². The number of aliphatic hydroxyl groups is 1. The number of carbonyl (C=O) groups excluding carboxylic acids is 1. The Morgan fingerprint density at radius 2 is 1.88 bits per heavy atom. The molecule has 92 valence electrons. The van der Waals surface area contributed by atoms with Gasteiger partial charge in [-0.05, 0) is 32.1 Å². The summed E-state index contributed by atoms with van der Waals surface area (Å²) in [6.45, 7) is 0.611. The van der Waals surface area contributed by atoms with Crippen LogP contribution in [-0.4, -0.2) is 29.8 Å². The Labute approximate surface area is 96.8 Å². The molecule has 3 N–H and O–H groups in total. The topological polar surface area (TPSA) is 61.4 Å². The fourth-order valence-corrected chi connectivity index (χ4v) is 2.44. The monoisotopic (exact) mass is 226 g/mol. The minimum Gasteiger partial charge on any atom is -0.393 e. The summed E-state index contributed by atoms with van der Waals surface area (Å²) in [5.41, 5.74) is 0. The molecule has 0 heterocycles. The molecule has 0 aromatic heterocycles. The molecule has 2 amide bonds. The van der Waals surface area contributed by atoms with Gasteiger partial charge in [-0.25, -0.2) is 4.79 Å². The van der Waals surface area contributed by atoms with E-state index in [2.05, 4.69) is 10.6 Å². The second-order valence-corrected chi connectivity index (χ2v) is 5.09. The zero-order valence-electron chi connectivity index (χ0n) is 9.74. The fraction of sp³-hybridized carbons (Fsp3) is 0.917. The molecule has 2 fully saturated rings. The number of aliphatic hydroxyl groups excluding tert-OH is 1. The lowest BCUT2D eigenvalue weighted by atomic mass is 9.86. The van der Waals surface area contributed by atoms with Gasteiger partial charge in [-0.15, -0.1) is 0 Å². The van der Waals surface area contributed by atoms with Gasteiger partial charge >= 0.3 is 6.03 Å². The summed E-state index contributed by atoms with van der Waals surface area (Å²) in [6.07, 6.45) is 7.43. The van der Waals surface area contributed by atoms with Crippen LogP contribution in [0.4, 0.5) is 4.79 Å². The SMILES string of the molecule is O=C(NCC1CCCCC1O)NC1CCC1. The normalized spacial score (nSPS) is 30.6. The van der Waals surface area contributed by atoms with Gasteiger partial charge < -0.3 is 15.7 Å². The first-order valence-corrected chi connectivity index (χ1v) is 6.48. The molecular weight excluding hydrogens is 204 g/mol. The van der Waals surface area contributed by atoms with Crippen LogP contribution >= 0.6 is 0 Å². The lowest BCUT2D eigenvalue weighted by Gasteiger charge is -2.29. The number of rotatable bonds is 3. The Morgan fingerprint density at radius 1 is 1.12 bits per heavy atom. The van der Waals surface area contributed by atoms with Crippen molar-refractivity contribution in [1.82, 2.24) is 10.6 Å². The highest BCUT2D eigenvalue weighted by Crippen LogP contribution is 2.23. The maximum absolute atomic E-state index is 11.5. The van der Waals surface area contributed by atoms with E-state index in [1.807, 2.05) is 0 Å². The highest BCUT2D eigenvalue weighted by molar-refractivity contribution is 5.74. The zero-order chi connectivity index (χ0) is 11.4. The molecule has 0 aromatic carbocycles. The highest BCUT2D eigenvalue weighted by Gasteiger charge is 2.24. The summed E-state index contributed by atoms with van der Waals surface area (Å²) in [5.74, 6) is 0.251. The van der Waals surface area contributed by atoms with Crippen LogP contribution in [0.15, 0.2) is 0 Å². The molecule has 2 aliphatic carbocycles. The van der Waals surface area contributed by atoms with Gasteiger partial charge in [-0.1, -0.05) is 12.8 Å². The number of carbonyl (C=O) groups is 1. The number of hydrogen-bond donors (Lipinski definition) is 3. The quantitative estimate of drug-likeness (QED) is 0.681. The van der Waals surface area contributed by atoms with Crippen molar-refractivity contribution in [3.63, 3.8) is 0 Å². The molecule has 0 bridgehead atoms. The van der Waals surface area contributed by atoms with Crippen molar-refractivity contribution in [2.45, 2.75) is 57.1 Å². The van der Waals surface area contributed by atoms with Crippen LogP contribution in [0.1, 0.15) is 44.9 Å². The molecule has 2 atom stereocenters. The average Bonchev–Trinajstić information content (AvgIpc) is 2.22. The van der Waals surface area contributed by atoms with Crippen molar-refractivity contribution in [1.29, 1.82) is 0 Å². The number of nitrogens with one attached hydrogen (secondary N) is 2. The van der Waals surface area contributed by atoms with Gasteiger partial charge in [0.05, 0.1) is 6.10 Å². The predicted octanol–water partition coefficient (Wildman–Crippen LogP) is 1.39. The first-order valence-electron chi connectivity index (χ1n) is 6.48. The summed E-state index contributed by atoms with van der Waals surface area (Å²) < 4.78 is 0. The Hall–Kier alpha value is -0.770. The first kappa shape index (κ1) is 11.7. The van der Waals surface area contributed by atoms with Gasteiger partial charge in [0.2, 0.25) is 0 Å². The molecule has 0 radical (unpaired) electrons. The standard InChI is InChI=1S/C12H22N2O2/c15-11-7-2-1-4-9(11)8-13-12(16)14-10-5-3-6-10/h9-11,15H,1-8H2,(H2,13,14,16). The van der Waals surface area contributed by atoms with Gasteiger partial charge in [0, 0.05) is 18.5 Å². The third kappa shape index (κ3) is 3.11. The fourth-order valence-electron chi connectivity index (χ4n) is 2.44. The second-order valence-electron chi connectivity index (χ2n) is 5.09. The van der Waals surface area contributed by atoms with Crippen LogP contribution in [0.3, 0.4) is 0 Å². The third-order valence-electron chi connectivity index (χ3n) is 3.83. The lowest BCUT2D eigenvalue weighted by Crippen LogP contribution is -2.47. The summed E-state index contributed by atoms with van der Waals surface area (Å²) in [6, 6.07) is 0.318. The number of hydrogen-bond acceptors (Lipinski definition) is 2. The van der Waals surface area contributed by atoms with Gasteiger partial charge in [-0.3, -0.25) is 0 Å². The van der Waals surface area contributed by atoms with E-state index >= 15 is 0 Å². The minimum absolute atomic E-state index is 0.0672. The molecule has 2 saturated carbocycles. The van der Waals surface area contributed by atoms with E-state index in [1.165, 1.54) is 12.8 Å². The summed E-state index contributed by atoms with van der Waals surface area (Å²) >= 11 is 0. The summed E-state index contributed by atoms with van der Waals surface area (Å²) in [7, 11) is 0. The largest absolute Gasteiger partial charge is 0.393 e. The van der Waals surface area contributed by atoms with E-state index in [-0.39, 0.29) is 18.1 Å². The van der Waals surface area contributed by atoms with Gasteiger partial charge in [0.15, 0.2) is 0 Å². The smallest absolute Gasteiger partial charge is 0.315 e. The molecule has 0 aromatic rings. The minimum atomic E-state index is -0.224. The average molecular weight is 226 g/mol. The van der Waals surface area contributed by atoms with Crippen LogP contribution in [0.2, 0.25) is 0 Å². The Bertz CT molecular complexity index is 241. The number of urea groups is 1. The molecule has 0 saturated heterocycles. The molecular formula is C12H22N2O2. The summed E-state index contributed by atoms with van der Waals surface area (Å²) in [5, 5.41) is 15.6. The van der Waals surface area contributed by atoms with E-state index in [0.29, 0.717) is 12.6 Å². The maximum atomic E-state index is 11.5. The van der Waals surface area contributed by atoms with Crippen molar-refractivity contribution in [3.05, 3.63) is 0 Å². The van der Waals surface area contributed by atoms with E-state index in [9.17, 15) is 9.90 Å². The van der Waals surface area contributed by atoms with Crippen molar-refractivity contribution < 1.29 is 9.90 Å². The molecule has 0 spiro atoms. The molecule has 2 rings (SSSR count). The molecule has 2 unspecified atom stereocenters. The zero-order valence-corrected chi connectivity index (χ0v) is 9.74. The van der Waals surface area contributed by atoms with E-state index < -0.39 is 0 Å². The molecule has 0 aliphatic heterocycles. The lowest BCUT2D eigenvalue weighted by molar-refractivity contribution is 0.0707. The highest BCUT2D eigenvalue weighted by atomic mass is 16.3. The molecule has 4 nitrogen and oxygen atoms in total. The van der Waals surface area contributed by atoms with Crippen molar-refractivity contribution in [2.24, 2.45) is 5.92 Å². The van der Waals surface area contributed by atoms with Crippen molar-refractivity contribution in [3.8, 4) is 0 Å². The van der Waals surface area contributed by atoms with E-state index in [4.69, 9.17) is 0 Å². The molecule has 4 heteroatoms. The third-order valence-corrected chi connectivity index (χ3v) is 3.83. The Kier molecular flexibility index (Phi) is 4.04. The van der Waals surface area contributed by atoms with E-state index in [0.717, 1.165) is 32.1 Å². The predicted molar refractivity (Wildman–Crippen MR) is 62.1 cm³/mol. The van der Waals surface area contributed by atoms with Crippen LogP contribution in [0, 0.1) is 5.92 Å². The molecule has 2 aliphatic rings. The van der Waals surface area contributed by atoms with Crippen LogP contribution in [0.25, 0.3) is 0 Å². The van der Waals surface area contributed by atoms with Crippen molar-refractivity contribution in [2.75, 3.05) is 6.54 Å². The van der Waals surface area contributed by atoms with Crippen molar-refractivity contribution >= 4 is 6.03 Å². The van der Waals surface area contributed by atoms with Gasteiger partial charge in [0.1, 0.15) is 0 Å². The second kappa shape index (κ2) is 5.53. The van der Waals surface area contributed by atoms with Crippen LogP contribution in [0.5, 0.6) is 0 Å². The van der Waals surface area contributed by atoms with Gasteiger partial charge in [0.25, 0.3) is 0 Å². The first-order chi connectivity index (χ1) is 7.75. The van der Waals surface area contributed by atoms with E-state index in [1.54, 1.807) is 0 Å². The summed E-state index contributed by atoms with van der Waals surface area (Å²) in [4.78, 5) is 11.5. The van der Waals surface area contributed by atoms with Crippen LogP contribution < -0.4 is 10.6 Å². The molecule has 16 heavy (non-hydrogen) atoms. The number of amides is 2. The Morgan fingerprint density at radius 3 is 2.50 bits per heavy atom. The maximum Gasteiger partial charge on any atom is 0.315 e.